The monoisotopic (exact) mass is 268 g/mol. The van der Waals surface area contributed by atoms with Crippen molar-refractivity contribution in [2.75, 3.05) is 31.1 Å². The second-order valence-corrected chi connectivity index (χ2v) is 5.06. The van der Waals surface area contributed by atoms with E-state index in [0.717, 1.165) is 54.5 Å². The first-order chi connectivity index (χ1) is 9.83. The van der Waals surface area contributed by atoms with Gasteiger partial charge in [0.25, 0.3) is 0 Å². The van der Waals surface area contributed by atoms with Gasteiger partial charge in [-0.3, -0.25) is 0 Å². The van der Waals surface area contributed by atoms with Crippen LogP contribution in [0.3, 0.4) is 0 Å². The summed E-state index contributed by atoms with van der Waals surface area (Å²) < 4.78 is 1.88. The maximum Gasteiger partial charge on any atom is 0.229 e. The minimum absolute atomic E-state index is 0.777. The van der Waals surface area contributed by atoms with Gasteiger partial charge in [0.1, 0.15) is 5.82 Å². The van der Waals surface area contributed by atoms with E-state index in [9.17, 15) is 0 Å². The van der Waals surface area contributed by atoms with Gasteiger partial charge >= 0.3 is 0 Å². The molecule has 20 heavy (non-hydrogen) atoms. The molecule has 1 aromatic carbocycles. The van der Waals surface area contributed by atoms with Gasteiger partial charge in [-0.15, -0.1) is 5.10 Å². The lowest BCUT2D eigenvalue weighted by Crippen LogP contribution is -2.44. The Labute approximate surface area is 116 Å². The van der Waals surface area contributed by atoms with Crippen molar-refractivity contribution in [2.24, 2.45) is 0 Å². The van der Waals surface area contributed by atoms with Crippen molar-refractivity contribution >= 4 is 22.5 Å². The number of anilines is 1. The van der Waals surface area contributed by atoms with Crippen LogP contribution in [0.1, 0.15) is 5.82 Å². The van der Waals surface area contributed by atoms with E-state index in [-0.39, 0.29) is 0 Å². The van der Waals surface area contributed by atoms with Crippen molar-refractivity contribution < 1.29 is 0 Å². The van der Waals surface area contributed by atoms with Gasteiger partial charge in [0, 0.05) is 31.6 Å². The predicted molar refractivity (Wildman–Crippen MR) is 78.1 cm³/mol. The van der Waals surface area contributed by atoms with Crippen LogP contribution < -0.4 is 10.2 Å². The first-order valence-corrected chi connectivity index (χ1v) is 6.91. The van der Waals surface area contributed by atoms with Crippen LogP contribution in [0.15, 0.2) is 24.3 Å². The number of hydrogen-bond acceptors (Lipinski definition) is 5. The molecule has 6 nitrogen and oxygen atoms in total. The Bertz CT molecular complexity index is 772. The molecule has 0 amide bonds. The fourth-order valence-corrected chi connectivity index (χ4v) is 2.71. The molecular formula is C14H16N6. The molecule has 0 saturated carbocycles. The fourth-order valence-electron chi connectivity index (χ4n) is 2.71. The number of piperazine rings is 1. The number of fused-ring (bicyclic) bond motifs is 3. The molecule has 102 valence electrons. The molecule has 0 atom stereocenters. The van der Waals surface area contributed by atoms with Crippen LogP contribution in [0.25, 0.3) is 16.6 Å². The first-order valence-electron chi connectivity index (χ1n) is 6.91. The van der Waals surface area contributed by atoms with Gasteiger partial charge in [-0.25, -0.2) is 9.97 Å². The standard InChI is InChI=1S/C14H16N6/c1-10-16-13-11-4-2-3-5-12(11)17-14(20(13)18-10)19-8-6-15-7-9-19/h2-5,15H,6-9H2,1H3. The number of benzene rings is 1. The van der Waals surface area contributed by atoms with Gasteiger partial charge in [-0.2, -0.15) is 4.52 Å². The summed E-state index contributed by atoms with van der Waals surface area (Å²) in [5.74, 6) is 1.67. The van der Waals surface area contributed by atoms with Crippen molar-refractivity contribution in [3.05, 3.63) is 30.1 Å². The Kier molecular flexibility index (Phi) is 2.56. The lowest BCUT2D eigenvalue weighted by molar-refractivity contribution is 0.575. The summed E-state index contributed by atoms with van der Waals surface area (Å²) in [6, 6.07) is 8.10. The normalized spacial score (nSPS) is 16.1. The Balaban J connectivity index is 2.01. The molecule has 1 aliphatic rings. The molecule has 0 bridgehead atoms. The SMILES string of the molecule is Cc1nc2c3ccccc3nc(N3CCNCC3)n2n1. The molecule has 3 heterocycles. The van der Waals surface area contributed by atoms with Crippen LogP contribution in [-0.4, -0.2) is 45.8 Å². The molecule has 1 saturated heterocycles. The van der Waals surface area contributed by atoms with Gasteiger partial charge in [-0.05, 0) is 19.1 Å². The zero-order valence-corrected chi connectivity index (χ0v) is 11.4. The smallest absolute Gasteiger partial charge is 0.229 e. The van der Waals surface area contributed by atoms with Crippen molar-refractivity contribution in [3.63, 3.8) is 0 Å². The molecule has 2 aromatic heterocycles. The van der Waals surface area contributed by atoms with E-state index >= 15 is 0 Å². The van der Waals surface area contributed by atoms with Crippen LogP contribution in [-0.2, 0) is 0 Å². The van der Waals surface area contributed by atoms with E-state index in [2.05, 4.69) is 20.3 Å². The molecule has 0 spiro atoms. The third-order valence-electron chi connectivity index (χ3n) is 3.67. The molecule has 6 heteroatoms. The topological polar surface area (TPSA) is 58.4 Å². The average molecular weight is 268 g/mol. The summed E-state index contributed by atoms with van der Waals surface area (Å²) in [6.07, 6.45) is 0. The maximum absolute atomic E-state index is 4.80. The van der Waals surface area contributed by atoms with Crippen LogP contribution >= 0.6 is 0 Å². The molecule has 0 unspecified atom stereocenters. The molecule has 0 aliphatic carbocycles. The molecule has 4 rings (SSSR count). The summed E-state index contributed by atoms with van der Waals surface area (Å²) >= 11 is 0. The zero-order valence-electron chi connectivity index (χ0n) is 11.4. The van der Waals surface area contributed by atoms with E-state index in [4.69, 9.17) is 4.98 Å². The third kappa shape index (κ3) is 1.72. The molecular weight excluding hydrogens is 252 g/mol. The number of nitrogens with zero attached hydrogens (tertiary/aromatic N) is 5. The van der Waals surface area contributed by atoms with E-state index in [0.29, 0.717) is 0 Å². The minimum atomic E-state index is 0.777. The van der Waals surface area contributed by atoms with Crippen LogP contribution in [0.2, 0.25) is 0 Å². The highest BCUT2D eigenvalue weighted by Crippen LogP contribution is 2.22. The molecule has 0 radical (unpaired) electrons. The summed E-state index contributed by atoms with van der Waals surface area (Å²) in [7, 11) is 0. The van der Waals surface area contributed by atoms with Gasteiger partial charge < -0.3 is 10.2 Å². The quantitative estimate of drug-likeness (QED) is 0.713. The van der Waals surface area contributed by atoms with Crippen LogP contribution in [0.4, 0.5) is 5.95 Å². The Morgan fingerprint density at radius 3 is 2.75 bits per heavy atom. The minimum Gasteiger partial charge on any atom is -0.338 e. The van der Waals surface area contributed by atoms with Crippen molar-refractivity contribution in [1.29, 1.82) is 0 Å². The summed E-state index contributed by atoms with van der Waals surface area (Å²) in [5, 5.41) is 8.93. The highest BCUT2D eigenvalue weighted by atomic mass is 15.4. The molecule has 3 aromatic rings. The molecule has 1 aliphatic heterocycles. The summed E-state index contributed by atoms with van der Waals surface area (Å²) in [6.45, 7) is 5.76. The van der Waals surface area contributed by atoms with Gasteiger partial charge in [-0.1, -0.05) is 12.1 Å². The Hall–Kier alpha value is -2.21. The number of aryl methyl sites for hydroxylation is 1. The summed E-state index contributed by atoms with van der Waals surface area (Å²) in [5.41, 5.74) is 1.86. The van der Waals surface area contributed by atoms with Crippen molar-refractivity contribution in [3.8, 4) is 0 Å². The number of aromatic nitrogens is 4. The summed E-state index contributed by atoms with van der Waals surface area (Å²) in [4.78, 5) is 11.6. The first kappa shape index (κ1) is 11.6. The van der Waals surface area contributed by atoms with Crippen LogP contribution in [0, 0.1) is 6.92 Å². The van der Waals surface area contributed by atoms with Crippen molar-refractivity contribution in [1.82, 2.24) is 24.9 Å². The predicted octanol–water partition coefficient (Wildman–Crippen LogP) is 0.996. The average Bonchev–Trinajstić information content (AvgIpc) is 2.89. The number of rotatable bonds is 1. The van der Waals surface area contributed by atoms with E-state index in [1.165, 1.54) is 0 Å². The van der Waals surface area contributed by atoms with Crippen LogP contribution in [0.5, 0.6) is 0 Å². The highest BCUT2D eigenvalue weighted by molar-refractivity contribution is 5.92. The lowest BCUT2D eigenvalue weighted by atomic mass is 10.2. The van der Waals surface area contributed by atoms with E-state index in [1.54, 1.807) is 0 Å². The molecule has 1 fully saturated rings. The number of hydrogen-bond donors (Lipinski definition) is 1. The van der Waals surface area contributed by atoms with Gasteiger partial charge in [0.15, 0.2) is 5.65 Å². The van der Waals surface area contributed by atoms with E-state index in [1.807, 2.05) is 35.7 Å². The second-order valence-electron chi connectivity index (χ2n) is 5.06. The zero-order chi connectivity index (χ0) is 13.5. The lowest BCUT2D eigenvalue weighted by Gasteiger charge is -2.28. The maximum atomic E-state index is 4.80. The van der Waals surface area contributed by atoms with Crippen molar-refractivity contribution in [2.45, 2.75) is 6.92 Å². The van der Waals surface area contributed by atoms with E-state index < -0.39 is 0 Å². The largest absolute Gasteiger partial charge is 0.338 e. The second kappa shape index (κ2) is 4.42. The molecule has 1 N–H and O–H groups in total. The third-order valence-corrected chi connectivity index (χ3v) is 3.67. The Morgan fingerprint density at radius 1 is 1.10 bits per heavy atom. The number of para-hydroxylation sites is 1. The number of nitrogens with one attached hydrogen (secondary N) is 1. The highest BCUT2D eigenvalue weighted by Gasteiger charge is 2.18. The fraction of sp³-hybridized carbons (Fsp3) is 0.357. The van der Waals surface area contributed by atoms with Gasteiger partial charge in [0.2, 0.25) is 5.95 Å². The van der Waals surface area contributed by atoms with Gasteiger partial charge in [0.05, 0.1) is 5.52 Å². The Morgan fingerprint density at radius 2 is 1.90 bits per heavy atom.